The predicted molar refractivity (Wildman–Crippen MR) is 75.1 cm³/mol. The van der Waals surface area contributed by atoms with Crippen LogP contribution in [0.25, 0.3) is 0 Å². The van der Waals surface area contributed by atoms with Crippen LogP contribution in [0.1, 0.15) is 11.1 Å². The van der Waals surface area contributed by atoms with E-state index in [1.54, 1.807) is 18.2 Å². The van der Waals surface area contributed by atoms with Gasteiger partial charge in [-0.15, -0.1) is 0 Å². The number of carbonyl (C=O) groups is 1. The lowest BCUT2D eigenvalue weighted by Gasteiger charge is -2.02. The number of esters is 1. The fourth-order valence-electron chi connectivity index (χ4n) is 1.58. The maximum atomic E-state index is 13.3. The van der Waals surface area contributed by atoms with Crippen molar-refractivity contribution in [2.45, 2.75) is 6.61 Å². The molecule has 0 aromatic heterocycles. The molecule has 0 aliphatic heterocycles. The molecular formula is C16H14FNO2. The summed E-state index contributed by atoms with van der Waals surface area (Å²) >= 11 is 0. The molecule has 3 nitrogen and oxygen atoms in total. The normalized spacial score (nSPS) is 10.7. The lowest BCUT2D eigenvalue weighted by molar-refractivity contribution is -0.143. The van der Waals surface area contributed by atoms with Crippen molar-refractivity contribution < 1.29 is 13.9 Å². The Labute approximate surface area is 116 Å². The van der Waals surface area contributed by atoms with E-state index in [0.717, 1.165) is 5.56 Å². The molecular weight excluding hydrogens is 257 g/mol. The number of carbonyl (C=O) groups excluding carboxylic acids is 1. The van der Waals surface area contributed by atoms with Gasteiger partial charge < -0.3 is 4.74 Å². The highest BCUT2D eigenvalue weighted by Gasteiger charge is 2.02. The molecule has 102 valence electrons. The minimum Gasteiger partial charge on any atom is -0.459 e. The van der Waals surface area contributed by atoms with Crippen molar-refractivity contribution in [3.63, 3.8) is 0 Å². The molecule has 20 heavy (non-hydrogen) atoms. The fraction of sp³-hybridized carbons (Fsp3) is 0.125. The third-order valence-corrected chi connectivity index (χ3v) is 2.60. The highest BCUT2D eigenvalue weighted by Crippen LogP contribution is 2.03. The summed E-state index contributed by atoms with van der Waals surface area (Å²) in [4.78, 5) is 15.3. The Bertz CT molecular complexity index is 596. The third-order valence-electron chi connectivity index (χ3n) is 2.60. The van der Waals surface area contributed by atoms with Gasteiger partial charge in [0.1, 0.15) is 19.0 Å². The van der Waals surface area contributed by atoms with E-state index in [-0.39, 0.29) is 19.0 Å². The Kier molecular flexibility index (Phi) is 5.00. The number of ether oxygens (including phenoxy) is 1. The number of nitrogens with zero attached hydrogens (tertiary/aromatic N) is 1. The molecule has 0 unspecified atom stereocenters. The van der Waals surface area contributed by atoms with E-state index in [9.17, 15) is 9.18 Å². The zero-order valence-corrected chi connectivity index (χ0v) is 10.8. The summed E-state index contributed by atoms with van der Waals surface area (Å²) in [6, 6.07) is 15.6. The first-order valence-corrected chi connectivity index (χ1v) is 6.19. The highest BCUT2D eigenvalue weighted by atomic mass is 19.1. The first kappa shape index (κ1) is 13.9. The molecule has 4 heteroatoms. The minimum atomic E-state index is -0.443. The van der Waals surface area contributed by atoms with Gasteiger partial charge in [-0.05, 0) is 11.6 Å². The van der Waals surface area contributed by atoms with Crippen LogP contribution >= 0.6 is 0 Å². The summed E-state index contributed by atoms with van der Waals surface area (Å²) in [5, 5.41) is 0. The molecule has 0 aliphatic carbocycles. The van der Waals surface area contributed by atoms with Crippen LogP contribution in [0.2, 0.25) is 0 Å². The summed E-state index contributed by atoms with van der Waals surface area (Å²) in [5.41, 5.74) is 1.27. The van der Waals surface area contributed by atoms with Crippen molar-refractivity contribution >= 4 is 12.2 Å². The zero-order valence-electron chi connectivity index (χ0n) is 10.8. The largest absolute Gasteiger partial charge is 0.459 e. The van der Waals surface area contributed by atoms with Gasteiger partial charge in [0.05, 0.1) is 0 Å². The number of hydrogen-bond acceptors (Lipinski definition) is 3. The van der Waals surface area contributed by atoms with Gasteiger partial charge in [0.15, 0.2) is 0 Å². The van der Waals surface area contributed by atoms with E-state index in [0.29, 0.717) is 5.56 Å². The monoisotopic (exact) mass is 271 g/mol. The first-order valence-electron chi connectivity index (χ1n) is 6.19. The topological polar surface area (TPSA) is 38.7 Å². The van der Waals surface area contributed by atoms with Crippen molar-refractivity contribution in [3.8, 4) is 0 Å². The van der Waals surface area contributed by atoms with Crippen LogP contribution in [0.5, 0.6) is 0 Å². The molecule has 0 saturated carbocycles. The minimum absolute atomic E-state index is 0.124. The molecule has 0 atom stereocenters. The Morgan fingerprint density at radius 2 is 1.80 bits per heavy atom. The van der Waals surface area contributed by atoms with Gasteiger partial charge in [0.2, 0.25) is 0 Å². The fourth-order valence-corrected chi connectivity index (χ4v) is 1.58. The van der Waals surface area contributed by atoms with E-state index in [1.165, 1.54) is 12.3 Å². The molecule has 0 N–H and O–H groups in total. The summed E-state index contributed by atoms with van der Waals surface area (Å²) in [5.74, 6) is -0.810. The predicted octanol–water partition coefficient (Wildman–Crippen LogP) is 2.99. The average Bonchev–Trinajstić information content (AvgIpc) is 2.48. The second-order valence-electron chi connectivity index (χ2n) is 4.14. The van der Waals surface area contributed by atoms with Crippen molar-refractivity contribution in [2.24, 2.45) is 4.99 Å². The molecule has 0 saturated heterocycles. The molecule has 0 aliphatic rings. The third kappa shape index (κ3) is 4.31. The number of rotatable bonds is 5. The summed E-state index contributed by atoms with van der Waals surface area (Å²) in [6.07, 6.45) is 1.33. The number of aliphatic imine (C=N–C) groups is 1. The van der Waals surface area contributed by atoms with Gasteiger partial charge >= 0.3 is 5.97 Å². The zero-order chi connectivity index (χ0) is 14.2. The second kappa shape index (κ2) is 7.19. The maximum Gasteiger partial charge on any atom is 0.328 e. The summed E-state index contributed by atoms with van der Waals surface area (Å²) in [7, 11) is 0. The molecule has 2 aromatic rings. The Morgan fingerprint density at radius 1 is 1.10 bits per heavy atom. The highest BCUT2D eigenvalue weighted by molar-refractivity contribution is 5.82. The quantitative estimate of drug-likeness (QED) is 0.619. The number of halogens is 1. The SMILES string of the molecule is O=C(CN=Cc1ccccc1F)OCc1ccccc1. The van der Waals surface area contributed by atoms with Crippen molar-refractivity contribution in [3.05, 3.63) is 71.5 Å². The Balaban J connectivity index is 1.79. The summed E-state index contributed by atoms with van der Waals surface area (Å²) in [6.45, 7) is 0.0933. The van der Waals surface area contributed by atoms with E-state index < -0.39 is 5.97 Å². The van der Waals surface area contributed by atoms with E-state index in [1.807, 2.05) is 30.3 Å². The van der Waals surface area contributed by atoms with Crippen LogP contribution in [-0.4, -0.2) is 18.7 Å². The molecule has 0 spiro atoms. The molecule has 0 radical (unpaired) electrons. The maximum absolute atomic E-state index is 13.3. The molecule has 2 aromatic carbocycles. The Hall–Kier alpha value is -2.49. The second-order valence-corrected chi connectivity index (χ2v) is 4.14. The molecule has 0 heterocycles. The van der Waals surface area contributed by atoms with Crippen LogP contribution in [0.15, 0.2) is 59.6 Å². The molecule has 2 rings (SSSR count). The van der Waals surface area contributed by atoms with Crippen molar-refractivity contribution in [1.29, 1.82) is 0 Å². The smallest absolute Gasteiger partial charge is 0.328 e. The van der Waals surface area contributed by atoms with Crippen LogP contribution in [0, 0.1) is 5.82 Å². The molecule has 0 fully saturated rings. The van der Waals surface area contributed by atoms with Crippen LogP contribution < -0.4 is 0 Å². The van der Waals surface area contributed by atoms with Gasteiger partial charge in [-0.25, -0.2) is 4.39 Å². The van der Waals surface area contributed by atoms with Gasteiger partial charge in [0, 0.05) is 11.8 Å². The van der Waals surface area contributed by atoms with Crippen molar-refractivity contribution in [1.82, 2.24) is 0 Å². The first-order chi connectivity index (χ1) is 9.75. The standard InChI is InChI=1S/C16H14FNO2/c17-15-9-5-4-8-14(15)10-18-11-16(19)20-12-13-6-2-1-3-7-13/h1-10H,11-12H2. The molecule has 0 amide bonds. The number of hydrogen-bond donors (Lipinski definition) is 0. The Morgan fingerprint density at radius 3 is 2.55 bits per heavy atom. The van der Waals surface area contributed by atoms with Gasteiger partial charge in [-0.2, -0.15) is 0 Å². The van der Waals surface area contributed by atoms with Gasteiger partial charge in [-0.3, -0.25) is 9.79 Å². The molecule has 0 bridgehead atoms. The van der Waals surface area contributed by atoms with Gasteiger partial charge in [0.25, 0.3) is 0 Å². The van der Waals surface area contributed by atoms with Crippen LogP contribution in [0.3, 0.4) is 0 Å². The van der Waals surface area contributed by atoms with Crippen LogP contribution in [0.4, 0.5) is 4.39 Å². The van der Waals surface area contributed by atoms with Crippen molar-refractivity contribution in [2.75, 3.05) is 6.54 Å². The van der Waals surface area contributed by atoms with E-state index >= 15 is 0 Å². The van der Waals surface area contributed by atoms with E-state index in [2.05, 4.69) is 4.99 Å². The lowest BCUT2D eigenvalue weighted by atomic mass is 10.2. The number of benzene rings is 2. The average molecular weight is 271 g/mol. The lowest BCUT2D eigenvalue weighted by Crippen LogP contribution is -2.08. The van der Waals surface area contributed by atoms with Crippen LogP contribution in [-0.2, 0) is 16.1 Å². The van der Waals surface area contributed by atoms with Gasteiger partial charge in [-0.1, -0.05) is 48.5 Å². The summed E-state index contributed by atoms with van der Waals surface area (Å²) < 4.78 is 18.3. The van der Waals surface area contributed by atoms with E-state index in [4.69, 9.17) is 4.74 Å².